The minimum absolute atomic E-state index is 0.0538. The number of piperidine rings is 1. The van der Waals surface area contributed by atoms with E-state index in [-0.39, 0.29) is 5.91 Å². The zero-order chi connectivity index (χ0) is 32.6. The van der Waals surface area contributed by atoms with Crippen molar-refractivity contribution >= 4 is 28.4 Å². The number of allylic oxidation sites excluding steroid dienone is 1. The van der Waals surface area contributed by atoms with Crippen LogP contribution in [0.3, 0.4) is 0 Å². The molecule has 1 aliphatic carbocycles. The Hall–Kier alpha value is -4.55. The number of nitrogens with zero attached hydrogens (tertiary/aromatic N) is 3. The van der Waals surface area contributed by atoms with E-state index in [0.29, 0.717) is 12.3 Å². The molecule has 0 aromatic heterocycles. The Kier molecular flexibility index (Phi) is 8.43. The highest BCUT2D eigenvalue weighted by Crippen LogP contribution is 2.41. The fourth-order valence-electron chi connectivity index (χ4n) is 8.33. The lowest BCUT2D eigenvalue weighted by atomic mass is 9.87. The highest BCUT2D eigenvalue weighted by Gasteiger charge is 2.26. The molecule has 3 aliphatic heterocycles. The molecule has 0 radical (unpaired) electrons. The number of carbonyl (C=O) groups is 1. The zero-order valence-electron chi connectivity index (χ0n) is 28.0. The predicted molar refractivity (Wildman–Crippen MR) is 196 cm³/mol. The molecule has 2 N–H and O–H groups in total. The smallest absolute Gasteiger partial charge is 0.251 e. The molecule has 8 rings (SSSR count). The number of benzene rings is 4. The maximum atomic E-state index is 11.9. The second kappa shape index (κ2) is 13.2. The van der Waals surface area contributed by atoms with E-state index in [0.717, 1.165) is 75.6 Å². The number of nitrogens with one attached hydrogen (secondary N) is 1. The molecule has 246 valence electrons. The summed E-state index contributed by atoms with van der Waals surface area (Å²) < 4.78 is 0. The monoisotopic (exact) mass is 638 g/mol. The van der Waals surface area contributed by atoms with Crippen molar-refractivity contribution in [3.63, 3.8) is 0 Å². The third-order valence-electron chi connectivity index (χ3n) is 11.1. The van der Waals surface area contributed by atoms with Crippen molar-refractivity contribution in [3.05, 3.63) is 124 Å². The quantitative estimate of drug-likeness (QED) is 0.233. The molecule has 6 nitrogen and oxygen atoms in total. The maximum Gasteiger partial charge on any atom is 0.251 e. The Morgan fingerprint density at radius 3 is 2.17 bits per heavy atom. The first kappa shape index (κ1) is 30.8. The van der Waals surface area contributed by atoms with Crippen molar-refractivity contribution in [1.29, 1.82) is 0 Å². The fourth-order valence-corrected chi connectivity index (χ4v) is 8.33. The number of phenols is 1. The number of aromatic hydroxyl groups is 1. The summed E-state index contributed by atoms with van der Waals surface area (Å²) in [6.45, 7) is 10.5. The van der Waals surface area contributed by atoms with Crippen LogP contribution in [-0.4, -0.2) is 61.7 Å². The van der Waals surface area contributed by atoms with Crippen molar-refractivity contribution in [2.24, 2.45) is 5.92 Å². The Balaban J connectivity index is 0.911. The number of amides is 1. The van der Waals surface area contributed by atoms with Crippen LogP contribution in [0.1, 0.15) is 69.4 Å². The molecule has 2 fully saturated rings. The second-order valence-electron chi connectivity index (χ2n) is 14.2. The van der Waals surface area contributed by atoms with Crippen molar-refractivity contribution < 1.29 is 9.90 Å². The minimum atomic E-state index is 0.0538. The molecule has 0 unspecified atom stereocenters. The van der Waals surface area contributed by atoms with E-state index in [9.17, 15) is 9.90 Å². The molecule has 6 heteroatoms. The van der Waals surface area contributed by atoms with Crippen LogP contribution < -0.4 is 15.1 Å². The number of hydrogen-bond acceptors (Lipinski definition) is 5. The molecule has 4 aromatic carbocycles. The van der Waals surface area contributed by atoms with Gasteiger partial charge in [-0.15, -0.1) is 0 Å². The molecule has 1 amide bonds. The summed E-state index contributed by atoms with van der Waals surface area (Å²) in [6.07, 6.45) is 5.52. The first-order chi connectivity index (χ1) is 23.5. The van der Waals surface area contributed by atoms with E-state index in [2.05, 4.69) is 93.7 Å². The zero-order valence-corrected chi connectivity index (χ0v) is 28.0. The van der Waals surface area contributed by atoms with Crippen molar-refractivity contribution in [3.8, 4) is 5.75 Å². The maximum absolute atomic E-state index is 11.9. The number of piperazine rings is 1. The summed E-state index contributed by atoms with van der Waals surface area (Å²) in [5.74, 6) is 1.14. The fraction of sp³-hybridized carbons (Fsp3) is 0.357. The molecule has 48 heavy (non-hydrogen) atoms. The summed E-state index contributed by atoms with van der Waals surface area (Å²) in [7, 11) is 0. The lowest BCUT2D eigenvalue weighted by Crippen LogP contribution is -2.49. The van der Waals surface area contributed by atoms with Crippen LogP contribution in [-0.2, 0) is 13.0 Å². The van der Waals surface area contributed by atoms with Crippen LogP contribution in [0, 0.1) is 12.8 Å². The van der Waals surface area contributed by atoms with Crippen molar-refractivity contribution in [2.45, 2.75) is 45.6 Å². The molecule has 4 aliphatic rings. The topological polar surface area (TPSA) is 59.0 Å². The van der Waals surface area contributed by atoms with E-state index in [1.54, 1.807) is 0 Å². The number of anilines is 2. The summed E-state index contributed by atoms with van der Waals surface area (Å²) in [6, 6.07) is 30.5. The van der Waals surface area contributed by atoms with E-state index in [1.807, 2.05) is 18.2 Å². The molecular weight excluding hydrogens is 592 g/mol. The average Bonchev–Trinajstić information content (AvgIpc) is 3.38. The molecule has 3 heterocycles. The lowest BCUT2D eigenvalue weighted by molar-refractivity contribution is 0.0965. The number of carbonyl (C=O) groups excluding carboxylic acids is 1. The second-order valence-corrected chi connectivity index (χ2v) is 14.2. The van der Waals surface area contributed by atoms with Gasteiger partial charge in [-0.3, -0.25) is 9.69 Å². The largest absolute Gasteiger partial charge is 0.508 e. The first-order valence-electron chi connectivity index (χ1n) is 17.8. The standard InChI is InChI=1S/C42H46N4O2/c1-29-5-7-31(8-6-29)38-4-2-3-33-26-37(47)14-16-39(33)41(38)32-9-11-35(12-10-32)45-19-17-30(18-20-45)28-44-21-23-46(24-22-44)36-13-15-40-34(25-36)27-43-42(40)48/h5-16,25-26,30,47H,2-4,17-24,27-28H2,1H3,(H,43,48). The third-order valence-corrected chi connectivity index (χ3v) is 11.1. The predicted octanol–water partition coefficient (Wildman–Crippen LogP) is 7.28. The van der Waals surface area contributed by atoms with Gasteiger partial charge < -0.3 is 20.2 Å². The molecule has 0 atom stereocenters. The van der Waals surface area contributed by atoms with Crippen LogP contribution >= 0.6 is 0 Å². The number of aryl methyl sites for hydroxylation is 2. The molecule has 2 saturated heterocycles. The van der Waals surface area contributed by atoms with Gasteiger partial charge in [-0.25, -0.2) is 0 Å². The van der Waals surface area contributed by atoms with Gasteiger partial charge in [0.1, 0.15) is 5.75 Å². The van der Waals surface area contributed by atoms with Gasteiger partial charge in [-0.2, -0.15) is 0 Å². The molecule has 4 aromatic rings. The average molecular weight is 639 g/mol. The van der Waals surface area contributed by atoms with E-state index < -0.39 is 0 Å². The Morgan fingerprint density at radius 1 is 0.708 bits per heavy atom. The first-order valence-corrected chi connectivity index (χ1v) is 17.8. The highest BCUT2D eigenvalue weighted by molar-refractivity contribution is 6.00. The van der Waals surface area contributed by atoms with E-state index >= 15 is 0 Å². The van der Waals surface area contributed by atoms with Crippen LogP contribution in [0.2, 0.25) is 0 Å². The van der Waals surface area contributed by atoms with Crippen LogP contribution in [0.5, 0.6) is 5.75 Å². The highest BCUT2D eigenvalue weighted by atomic mass is 16.3. The van der Waals surface area contributed by atoms with Gasteiger partial charge in [0, 0.05) is 69.3 Å². The van der Waals surface area contributed by atoms with E-state index in [1.165, 1.54) is 69.7 Å². The molecular formula is C42H46N4O2. The summed E-state index contributed by atoms with van der Waals surface area (Å²) in [4.78, 5) is 19.6. The Labute approximate surface area is 284 Å². The minimum Gasteiger partial charge on any atom is -0.508 e. The van der Waals surface area contributed by atoms with Crippen LogP contribution in [0.15, 0.2) is 84.9 Å². The molecule has 0 bridgehead atoms. The molecule has 0 spiro atoms. The van der Waals surface area contributed by atoms with Crippen LogP contribution in [0.25, 0.3) is 11.1 Å². The van der Waals surface area contributed by atoms with Gasteiger partial charge in [-0.05, 0) is 126 Å². The number of hydrogen-bond donors (Lipinski definition) is 2. The Morgan fingerprint density at radius 2 is 1.40 bits per heavy atom. The molecule has 0 saturated carbocycles. The Bertz CT molecular complexity index is 1830. The van der Waals surface area contributed by atoms with Crippen LogP contribution in [0.4, 0.5) is 11.4 Å². The lowest BCUT2D eigenvalue weighted by Gasteiger charge is -2.40. The van der Waals surface area contributed by atoms with Gasteiger partial charge >= 0.3 is 0 Å². The SMILES string of the molecule is Cc1ccc(C2=C(c3ccc(N4CCC(CN5CCN(c6ccc7c(c6)CNC7=O)CC5)CC4)cc3)c3ccc(O)cc3CCC2)cc1. The summed E-state index contributed by atoms with van der Waals surface area (Å²) >= 11 is 0. The van der Waals surface area contributed by atoms with Gasteiger partial charge in [0.05, 0.1) is 0 Å². The number of phenolic OH excluding ortho intramolecular Hbond substituents is 1. The number of rotatable bonds is 6. The van der Waals surface area contributed by atoms with Gasteiger partial charge in [0.25, 0.3) is 5.91 Å². The summed E-state index contributed by atoms with van der Waals surface area (Å²) in [5.41, 5.74) is 13.5. The van der Waals surface area contributed by atoms with Crippen molar-refractivity contribution in [2.75, 3.05) is 55.6 Å². The third kappa shape index (κ3) is 6.22. The van der Waals surface area contributed by atoms with Gasteiger partial charge in [0.2, 0.25) is 0 Å². The van der Waals surface area contributed by atoms with Gasteiger partial charge in [-0.1, -0.05) is 48.0 Å². The normalized spacial score (nSPS) is 18.8. The number of fused-ring (bicyclic) bond motifs is 2. The summed E-state index contributed by atoms with van der Waals surface area (Å²) in [5, 5.41) is 13.2. The van der Waals surface area contributed by atoms with E-state index in [4.69, 9.17) is 0 Å². The van der Waals surface area contributed by atoms with Crippen molar-refractivity contribution in [1.82, 2.24) is 10.2 Å². The van der Waals surface area contributed by atoms with Gasteiger partial charge in [0.15, 0.2) is 0 Å².